The second-order valence-corrected chi connectivity index (χ2v) is 6.15. The molecule has 2 rings (SSSR count). The standard InChI is InChI=1S/C19H18BrNO5/c1-24-17-10-13(5-7-16(17)25-12-18(21)22)6-8-19(23)26-11-14-3-2-4-15(20)9-14/h2-10H,11-12H2,1H3,(H2,21,22)/b8-6+. The summed E-state index contributed by atoms with van der Waals surface area (Å²) in [5.74, 6) is -0.223. The van der Waals surface area contributed by atoms with Crippen LogP contribution in [0.1, 0.15) is 11.1 Å². The zero-order chi connectivity index (χ0) is 18.9. The maximum atomic E-state index is 11.8. The maximum Gasteiger partial charge on any atom is 0.331 e. The van der Waals surface area contributed by atoms with Crippen molar-refractivity contribution in [2.45, 2.75) is 6.61 Å². The van der Waals surface area contributed by atoms with Crippen molar-refractivity contribution in [1.29, 1.82) is 0 Å². The molecule has 2 aromatic carbocycles. The minimum atomic E-state index is -0.579. The second-order valence-electron chi connectivity index (χ2n) is 5.24. The summed E-state index contributed by atoms with van der Waals surface area (Å²) in [7, 11) is 1.48. The molecule has 0 heterocycles. The van der Waals surface area contributed by atoms with Crippen molar-refractivity contribution < 1.29 is 23.8 Å². The Labute approximate surface area is 159 Å². The zero-order valence-corrected chi connectivity index (χ0v) is 15.7. The Hall–Kier alpha value is -2.80. The molecule has 0 bridgehead atoms. The summed E-state index contributed by atoms with van der Waals surface area (Å²) in [4.78, 5) is 22.6. The Morgan fingerprint density at radius 3 is 2.65 bits per heavy atom. The SMILES string of the molecule is COc1cc(/C=C/C(=O)OCc2cccc(Br)c2)ccc1OCC(N)=O. The van der Waals surface area contributed by atoms with Crippen LogP contribution in [0.4, 0.5) is 0 Å². The van der Waals surface area contributed by atoms with Crippen molar-refractivity contribution >= 4 is 33.9 Å². The number of benzene rings is 2. The molecule has 6 nitrogen and oxygen atoms in total. The van der Waals surface area contributed by atoms with Crippen molar-refractivity contribution in [2.24, 2.45) is 5.73 Å². The minimum Gasteiger partial charge on any atom is -0.493 e. The number of halogens is 1. The van der Waals surface area contributed by atoms with Crippen LogP contribution in [0.3, 0.4) is 0 Å². The molecule has 0 aromatic heterocycles. The number of rotatable bonds is 8. The van der Waals surface area contributed by atoms with Gasteiger partial charge < -0.3 is 19.9 Å². The molecule has 0 aliphatic heterocycles. The van der Waals surface area contributed by atoms with Crippen molar-refractivity contribution in [3.8, 4) is 11.5 Å². The van der Waals surface area contributed by atoms with Crippen LogP contribution in [0.2, 0.25) is 0 Å². The first-order valence-electron chi connectivity index (χ1n) is 7.66. The molecule has 1 amide bonds. The van der Waals surface area contributed by atoms with Crippen molar-refractivity contribution in [2.75, 3.05) is 13.7 Å². The van der Waals surface area contributed by atoms with Gasteiger partial charge in [0, 0.05) is 10.5 Å². The molecule has 0 aliphatic rings. The van der Waals surface area contributed by atoms with Gasteiger partial charge in [0.1, 0.15) is 6.61 Å². The van der Waals surface area contributed by atoms with Gasteiger partial charge >= 0.3 is 5.97 Å². The summed E-state index contributed by atoms with van der Waals surface area (Å²) < 4.78 is 16.6. The van der Waals surface area contributed by atoms with Gasteiger partial charge in [-0.3, -0.25) is 4.79 Å². The third-order valence-electron chi connectivity index (χ3n) is 3.24. The number of carbonyl (C=O) groups is 2. The lowest BCUT2D eigenvalue weighted by Gasteiger charge is -2.09. The van der Waals surface area contributed by atoms with Crippen LogP contribution in [-0.2, 0) is 20.9 Å². The quantitative estimate of drug-likeness (QED) is 0.524. The predicted molar refractivity (Wildman–Crippen MR) is 101 cm³/mol. The first kappa shape index (κ1) is 19.5. The van der Waals surface area contributed by atoms with E-state index in [1.807, 2.05) is 24.3 Å². The van der Waals surface area contributed by atoms with Gasteiger partial charge in [0.15, 0.2) is 18.1 Å². The summed E-state index contributed by atoms with van der Waals surface area (Å²) in [5.41, 5.74) is 6.65. The van der Waals surface area contributed by atoms with Crippen molar-refractivity contribution in [3.63, 3.8) is 0 Å². The first-order valence-corrected chi connectivity index (χ1v) is 8.45. The van der Waals surface area contributed by atoms with Gasteiger partial charge in [-0.2, -0.15) is 0 Å². The normalized spacial score (nSPS) is 10.5. The Balaban J connectivity index is 1.95. The average Bonchev–Trinajstić information content (AvgIpc) is 2.63. The van der Waals surface area contributed by atoms with Gasteiger partial charge in [-0.15, -0.1) is 0 Å². The number of esters is 1. The number of hydrogen-bond donors (Lipinski definition) is 1. The van der Waals surface area contributed by atoms with Crippen molar-refractivity contribution in [3.05, 3.63) is 64.1 Å². The van der Waals surface area contributed by atoms with E-state index in [4.69, 9.17) is 19.9 Å². The van der Waals surface area contributed by atoms with E-state index in [1.165, 1.54) is 13.2 Å². The van der Waals surface area contributed by atoms with Crippen LogP contribution in [0.15, 0.2) is 53.0 Å². The van der Waals surface area contributed by atoms with Gasteiger partial charge in [-0.25, -0.2) is 4.79 Å². The van der Waals surface area contributed by atoms with E-state index in [0.29, 0.717) is 17.1 Å². The van der Waals surface area contributed by atoms with Gasteiger partial charge in [-0.1, -0.05) is 34.1 Å². The van der Waals surface area contributed by atoms with Crippen LogP contribution < -0.4 is 15.2 Å². The highest BCUT2D eigenvalue weighted by atomic mass is 79.9. The van der Waals surface area contributed by atoms with E-state index in [1.54, 1.807) is 24.3 Å². The highest BCUT2D eigenvalue weighted by Gasteiger charge is 2.07. The van der Waals surface area contributed by atoms with Gasteiger partial charge in [0.25, 0.3) is 5.91 Å². The number of nitrogens with two attached hydrogens (primary N) is 1. The molecule has 0 radical (unpaired) electrons. The van der Waals surface area contributed by atoms with Gasteiger partial charge in [0.05, 0.1) is 7.11 Å². The number of amides is 1. The molecule has 0 unspecified atom stereocenters. The van der Waals surface area contributed by atoms with Crippen molar-refractivity contribution in [1.82, 2.24) is 0 Å². The van der Waals surface area contributed by atoms with Gasteiger partial charge in [-0.05, 0) is 41.5 Å². The summed E-state index contributed by atoms with van der Waals surface area (Å²) in [5, 5.41) is 0. The largest absolute Gasteiger partial charge is 0.493 e. The highest BCUT2D eigenvalue weighted by Crippen LogP contribution is 2.28. The third kappa shape index (κ3) is 6.25. The van der Waals surface area contributed by atoms with Crippen LogP contribution in [0, 0.1) is 0 Å². The first-order chi connectivity index (χ1) is 12.5. The highest BCUT2D eigenvalue weighted by molar-refractivity contribution is 9.10. The molecule has 0 saturated carbocycles. The average molecular weight is 420 g/mol. The molecule has 0 spiro atoms. The molecule has 0 aliphatic carbocycles. The van der Waals surface area contributed by atoms with Gasteiger partial charge in [0.2, 0.25) is 0 Å². The van der Waals surface area contributed by atoms with E-state index < -0.39 is 11.9 Å². The maximum absolute atomic E-state index is 11.8. The number of carbonyl (C=O) groups excluding carboxylic acids is 2. The fourth-order valence-electron chi connectivity index (χ4n) is 2.05. The topological polar surface area (TPSA) is 87.8 Å². The van der Waals surface area contributed by atoms with E-state index in [2.05, 4.69) is 15.9 Å². The lowest BCUT2D eigenvalue weighted by Crippen LogP contribution is -2.20. The Bertz CT molecular complexity index is 819. The van der Waals surface area contributed by atoms with E-state index >= 15 is 0 Å². The van der Waals surface area contributed by atoms with Crippen LogP contribution in [0.5, 0.6) is 11.5 Å². The summed E-state index contributed by atoms with van der Waals surface area (Å²) in [6.07, 6.45) is 2.93. The second kappa shape index (κ2) is 9.62. The monoisotopic (exact) mass is 419 g/mol. The van der Waals surface area contributed by atoms with E-state index in [0.717, 1.165) is 10.0 Å². The number of primary amides is 1. The molecule has 2 aromatic rings. The molecule has 0 saturated heterocycles. The lowest BCUT2D eigenvalue weighted by molar-refractivity contribution is -0.138. The fourth-order valence-corrected chi connectivity index (χ4v) is 2.50. The molecular formula is C19H18BrNO5. The zero-order valence-electron chi connectivity index (χ0n) is 14.1. The molecule has 2 N–H and O–H groups in total. The molecule has 7 heteroatoms. The Morgan fingerprint density at radius 2 is 1.96 bits per heavy atom. The minimum absolute atomic E-state index is 0.186. The third-order valence-corrected chi connectivity index (χ3v) is 3.73. The fraction of sp³-hybridized carbons (Fsp3) is 0.158. The molecule has 136 valence electrons. The van der Waals surface area contributed by atoms with E-state index in [-0.39, 0.29) is 13.2 Å². The summed E-state index contributed by atoms with van der Waals surface area (Å²) in [6, 6.07) is 12.6. The smallest absolute Gasteiger partial charge is 0.331 e. The predicted octanol–water partition coefficient (Wildman–Crippen LogP) is 3.08. The number of methoxy groups -OCH3 is 1. The van der Waals surface area contributed by atoms with Crippen LogP contribution in [0.25, 0.3) is 6.08 Å². The Kier molecular flexibility index (Phi) is 7.23. The number of hydrogen-bond acceptors (Lipinski definition) is 5. The van der Waals surface area contributed by atoms with Crippen LogP contribution in [-0.4, -0.2) is 25.6 Å². The summed E-state index contributed by atoms with van der Waals surface area (Å²) in [6.45, 7) is -0.0562. The van der Waals surface area contributed by atoms with E-state index in [9.17, 15) is 9.59 Å². The number of ether oxygens (including phenoxy) is 3. The van der Waals surface area contributed by atoms with Crippen LogP contribution >= 0.6 is 15.9 Å². The Morgan fingerprint density at radius 1 is 1.15 bits per heavy atom. The lowest BCUT2D eigenvalue weighted by atomic mass is 10.2. The molecule has 0 fully saturated rings. The summed E-state index contributed by atoms with van der Waals surface area (Å²) >= 11 is 3.37. The molecule has 0 atom stereocenters. The molecule has 26 heavy (non-hydrogen) atoms. The molecular weight excluding hydrogens is 402 g/mol.